The van der Waals surface area contributed by atoms with Gasteiger partial charge in [0.25, 0.3) is 0 Å². The van der Waals surface area contributed by atoms with Crippen LogP contribution < -0.4 is 16.0 Å². The van der Waals surface area contributed by atoms with Crippen molar-refractivity contribution in [1.82, 2.24) is 25.4 Å². The van der Waals surface area contributed by atoms with Gasteiger partial charge in [0.2, 0.25) is 5.91 Å². The molecule has 0 saturated carbocycles. The van der Waals surface area contributed by atoms with Crippen molar-refractivity contribution < 1.29 is 4.79 Å². The maximum absolute atomic E-state index is 12.1. The van der Waals surface area contributed by atoms with Gasteiger partial charge in [0.1, 0.15) is 12.2 Å². The van der Waals surface area contributed by atoms with Gasteiger partial charge in [-0.15, -0.1) is 0 Å². The van der Waals surface area contributed by atoms with Gasteiger partial charge in [-0.2, -0.15) is 5.10 Å². The van der Waals surface area contributed by atoms with Crippen LogP contribution in [-0.2, 0) is 24.9 Å². The second kappa shape index (κ2) is 10.3. The minimum absolute atomic E-state index is 0.00292. The number of carbonyl (C=O) groups excluding carboxylic acids is 1. The predicted octanol–water partition coefficient (Wildman–Crippen LogP) is 2.05. The van der Waals surface area contributed by atoms with Crippen molar-refractivity contribution >= 4 is 17.6 Å². The highest BCUT2D eigenvalue weighted by Crippen LogP contribution is 2.13. The predicted molar refractivity (Wildman–Crippen MR) is 107 cm³/mol. The highest BCUT2D eigenvalue weighted by Gasteiger charge is 2.10. The van der Waals surface area contributed by atoms with Crippen LogP contribution in [0.5, 0.6) is 0 Å². The number of carbonyl (C=O) groups is 1. The number of nitrogens with one attached hydrogen (secondary N) is 3. The number of amides is 1. The zero-order valence-electron chi connectivity index (χ0n) is 16.5. The Kier molecular flexibility index (Phi) is 7.79. The van der Waals surface area contributed by atoms with E-state index in [1.165, 1.54) is 6.33 Å². The van der Waals surface area contributed by atoms with Crippen molar-refractivity contribution in [1.29, 1.82) is 0 Å². The molecule has 2 rings (SSSR count). The average molecular weight is 371 g/mol. The van der Waals surface area contributed by atoms with Crippen LogP contribution in [0.1, 0.15) is 38.6 Å². The van der Waals surface area contributed by atoms with Crippen molar-refractivity contribution in [2.45, 2.75) is 40.3 Å². The zero-order valence-corrected chi connectivity index (χ0v) is 16.5. The number of aliphatic imine (C=N–C) groups is 1. The molecule has 1 heterocycles. The molecule has 1 aromatic carbocycles. The number of benzene rings is 1. The van der Waals surface area contributed by atoms with E-state index in [-0.39, 0.29) is 11.8 Å². The first-order chi connectivity index (χ1) is 13.0. The number of guanidine groups is 1. The number of hydrogen-bond donors (Lipinski definition) is 3. The first-order valence-corrected chi connectivity index (χ1v) is 9.28. The second-order valence-corrected chi connectivity index (χ2v) is 6.35. The fourth-order valence-corrected chi connectivity index (χ4v) is 2.35. The molecule has 8 heteroatoms. The molecule has 1 unspecified atom stereocenters. The zero-order chi connectivity index (χ0) is 19.6. The molecule has 27 heavy (non-hydrogen) atoms. The molecule has 0 saturated heterocycles. The van der Waals surface area contributed by atoms with Gasteiger partial charge in [-0.1, -0.05) is 26.0 Å². The van der Waals surface area contributed by atoms with E-state index >= 15 is 0 Å². The summed E-state index contributed by atoms with van der Waals surface area (Å²) in [5, 5.41) is 13.5. The number of hydrogen-bond acceptors (Lipinski definition) is 4. The molecule has 0 aliphatic heterocycles. The summed E-state index contributed by atoms with van der Waals surface area (Å²) >= 11 is 0. The van der Waals surface area contributed by atoms with Crippen molar-refractivity contribution in [3.8, 4) is 0 Å². The van der Waals surface area contributed by atoms with Crippen LogP contribution in [0.2, 0.25) is 0 Å². The van der Waals surface area contributed by atoms with E-state index in [0.29, 0.717) is 19.0 Å². The molecular weight excluding hydrogens is 342 g/mol. The summed E-state index contributed by atoms with van der Waals surface area (Å²) < 4.78 is 1.72. The Hall–Kier alpha value is -2.90. The molecule has 1 aromatic heterocycles. The second-order valence-electron chi connectivity index (χ2n) is 6.35. The van der Waals surface area contributed by atoms with Crippen molar-refractivity contribution in [3.63, 3.8) is 0 Å². The fourth-order valence-electron chi connectivity index (χ4n) is 2.35. The van der Waals surface area contributed by atoms with Gasteiger partial charge >= 0.3 is 0 Å². The quantitative estimate of drug-likeness (QED) is 0.487. The summed E-state index contributed by atoms with van der Waals surface area (Å²) in [6.45, 7) is 7.75. The van der Waals surface area contributed by atoms with Gasteiger partial charge in [-0.05, 0) is 31.0 Å². The van der Waals surface area contributed by atoms with E-state index in [1.807, 2.05) is 52.1 Å². The molecule has 0 spiro atoms. The first kappa shape index (κ1) is 20.4. The highest BCUT2D eigenvalue weighted by molar-refractivity contribution is 5.92. The third-order valence-electron chi connectivity index (χ3n) is 4.24. The third-order valence-corrected chi connectivity index (χ3v) is 4.24. The molecule has 3 N–H and O–H groups in total. The normalized spacial score (nSPS) is 12.5. The summed E-state index contributed by atoms with van der Waals surface area (Å²) in [7, 11) is 1.85. The molecule has 2 aromatic rings. The summed E-state index contributed by atoms with van der Waals surface area (Å²) in [4.78, 5) is 20.9. The van der Waals surface area contributed by atoms with Crippen LogP contribution >= 0.6 is 0 Å². The third kappa shape index (κ3) is 6.40. The molecule has 146 valence electrons. The molecule has 1 amide bonds. The lowest BCUT2D eigenvalue weighted by molar-refractivity contribution is -0.119. The monoisotopic (exact) mass is 371 g/mol. The van der Waals surface area contributed by atoms with E-state index in [1.54, 1.807) is 4.68 Å². The standard InChI is InChI=1S/C19H29N7O/c1-5-14(3)18(27)25-16-9-7-8-15(10-16)11-21-19(20-6-2)22-12-17-23-13-24-26(17)4/h7-10,13-14H,5-6,11-12H2,1-4H3,(H,25,27)(H2,20,21,22). The van der Waals surface area contributed by atoms with Crippen LogP contribution in [-0.4, -0.2) is 33.2 Å². The van der Waals surface area contributed by atoms with Gasteiger partial charge in [-0.3, -0.25) is 9.48 Å². The molecular formula is C19H29N7O. The maximum atomic E-state index is 12.1. The van der Waals surface area contributed by atoms with Crippen LogP contribution in [0.4, 0.5) is 5.69 Å². The maximum Gasteiger partial charge on any atom is 0.227 e. The summed E-state index contributed by atoms with van der Waals surface area (Å²) in [6.07, 6.45) is 2.35. The number of nitrogens with zero attached hydrogens (tertiary/aromatic N) is 4. The van der Waals surface area contributed by atoms with Crippen LogP contribution in [0, 0.1) is 5.92 Å². The van der Waals surface area contributed by atoms with E-state index in [4.69, 9.17) is 0 Å². The molecule has 8 nitrogen and oxygen atoms in total. The van der Waals surface area contributed by atoms with Crippen molar-refractivity contribution in [2.24, 2.45) is 18.0 Å². The summed E-state index contributed by atoms with van der Waals surface area (Å²) in [6, 6.07) is 7.77. The summed E-state index contributed by atoms with van der Waals surface area (Å²) in [5.41, 5.74) is 1.82. The van der Waals surface area contributed by atoms with Gasteiger partial charge in [0.15, 0.2) is 5.96 Å². The Morgan fingerprint density at radius 2 is 2.11 bits per heavy atom. The molecule has 0 fully saturated rings. The van der Waals surface area contributed by atoms with Crippen molar-refractivity contribution in [2.75, 3.05) is 11.9 Å². The Morgan fingerprint density at radius 3 is 2.78 bits per heavy atom. The summed E-state index contributed by atoms with van der Waals surface area (Å²) in [5.74, 6) is 1.57. The minimum Gasteiger partial charge on any atom is -0.357 e. The molecule has 1 atom stereocenters. The lowest BCUT2D eigenvalue weighted by atomic mass is 10.1. The number of aryl methyl sites for hydroxylation is 1. The number of aromatic nitrogens is 3. The Balaban J connectivity index is 1.99. The first-order valence-electron chi connectivity index (χ1n) is 9.28. The average Bonchev–Trinajstić information content (AvgIpc) is 3.08. The molecule has 0 aliphatic carbocycles. The Bertz CT molecular complexity index is 769. The largest absolute Gasteiger partial charge is 0.357 e. The van der Waals surface area contributed by atoms with Gasteiger partial charge in [0, 0.05) is 25.2 Å². The van der Waals surface area contributed by atoms with Gasteiger partial charge in [-0.25, -0.2) is 9.98 Å². The lowest BCUT2D eigenvalue weighted by Gasteiger charge is -2.12. The highest BCUT2D eigenvalue weighted by atomic mass is 16.1. The molecule has 0 aliphatic rings. The van der Waals surface area contributed by atoms with Crippen LogP contribution in [0.15, 0.2) is 35.6 Å². The smallest absolute Gasteiger partial charge is 0.227 e. The number of rotatable bonds is 8. The van der Waals surface area contributed by atoms with Crippen LogP contribution in [0.3, 0.4) is 0 Å². The van der Waals surface area contributed by atoms with E-state index in [0.717, 1.165) is 30.0 Å². The lowest BCUT2D eigenvalue weighted by Crippen LogP contribution is -2.37. The van der Waals surface area contributed by atoms with Crippen LogP contribution in [0.25, 0.3) is 0 Å². The van der Waals surface area contributed by atoms with Crippen molar-refractivity contribution in [3.05, 3.63) is 42.0 Å². The fraction of sp³-hybridized carbons (Fsp3) is 0.474. The topological polar surface area (TPSA) is 96.2 Å². The Morgan fingerprint density at radius 1 is 1.30 bits per heavy atom. The SMILES string of the molecule is CCNC(=NCc1cccc(NC(=O)C(C)CC)c1)NCc1ncnn1C. The Labute approximate surface area is 160 Å². The minimum atomic E-state index is -0.00292. The van der Waals surface area contributed by atoms with E-state index in [9.17, 15) is 4.79 Å². The van der Waals surface area contributed by atoms with E-state index in [2.05, 4.69) is 31.0 Å². The molecule has 0 bridgehead atoms. The van der Waals surface area contributed by atoms with E-state index < -0.39 is 0 Å². The van der Waals surface area contributed by atoms with Gasteiger partial charge < -0.3 is 16.0 Å². The number of anilines is 1. The molecule has 0 radical (unpaired) electrons. The van der Waals surface area contributed by atoms with Gasteiger partial charge in [0.05, 0.1) is 13.1 Å².